The summed E-state index contributed by atoms with van der Waals surface area (Å²) in [5.41, 5.74) is -1.59. The summed E-state index contributed by atoms with van der Waals surface area (Å²) in [5, 5.41) is 32.8. The van der Waals surface area contributed by atoms with Crippen molar-refractivity contribution in [2.24, 2.45) is 69.0 Å². The Bertz CT molecular complexity index is 5570. The Kier molecular flexibility index (Phi) is 33.3. The summed E-state index contributed by atoms with van der Waals surface area (Å²) in [6.45, 7) is 36.9. The molecular weight excluding hydrogens is 1890 g/mol. The molecule has 0 radical (unpaired) electrons. The second-order valence-corrected chi connectivity index (χ2v) is 47.1. The Morgan fingerprint density at radius 1 is 0.518 bits per heavy atom. The van der Waals surface area contributed by atoms with E-state index in [0.717, 1.165) is 37.2 Å². The van der Waals surface area contributed by atoms with E-state index in [2.05, 4.69) is 10.6 Å². The molecule has 4 aliphatic heterocycles. The van der Waals surface area contributed by atoms with Crippen LogP contribution < -0.4 is 24.8 Å². The molecule has 33 nitrogen and oxygen atoms in total. The number of aromatic nitrogens is 4. The number of anilines is 2. The van der Waals surface area contributed by atoms with Crippen LogP contribution in [-0.4, -0.2) is 261 Å². The molecule has 8 heterocycles. The maximum Gasteiger partial charge on any atom is 0.410 e. The van der Waals surface area contributed by atoms with Gasteiger partial charge in [-0.3, -0.25) is 48.2 Å². The van der Waals surface area contributed by atoms with Crippen molar-refractivity contribution < 1.29 is 110 Å². The van der Waals surface area contributed by atoms with Gasteiger partial charge in [0.1, 0.15) is 86.7 Å². The number of aromatic hydroxyl groups is 1. The molecule has 772 valence electrons. The van der Waals surface area contributed by atoms with E-state index in [4.69, 9.17) is 100 Å². The number of carbonyl (C=O) groups is 10. The maximum absolute atomic E-state index is 15.1. The minimum absolute atomic E-state index is 0.0117. The molecule has 18 atom stereocenters. The fourth-order valence-corrected chi connectivity index (χ4v) is 23.1. The van der Waals surface area contributed by atoms with Gasteiger partial charge in [0.25, 0.3) is 0 Å². The van der Waals surface area contributed by atoms with Crippen LogP contribution in [0.4, 0.5) is 19.9 Å². The highest BCUT2D eigenvalue weighted by Crippen LogP contribution is 2.61. The Labute approximate surface area is 843 Å². The first-order chi connectivity index (χ1) is 66.5. The highest BCUT2D eigenvalue weighted by atomic mass is 35.5. The van der Waals surface area contributed by atoms with Crippen molar-refractivity contribution in [3.8, 4) is 45.8 Å². The highest BCUT2D eigenvalue weighted by Gasteiger charge is 2.64. The molecule has 10 fully saturated rings. The van der Waals surface area contributed by atoms with Gasteiger partial charge in [0, 0.05) is 84.5 Å². The van der Waals surface area contributed by atoms with E-state index in [0.29, 0.717) is 143 Å². The van der Waals surface area contributed by atoms with Crippen LogP contribution in [0.25, 0.3) is 44.6 Å². The third-order valence-electron chi connectivity index (χ3n) is 28.9. The largest absolute Gasteiger partial charge is 0.506 e. The zero-order valence-corrected chi connectivity index (χ0v) is 88.2. The van der Waals surface area contributed by atoms with E-state index in [-0.39, 0.29) is 159 Å². The summed E-state index contributed by atoms with van der Waals surface area (Å²) in [6.07, 6.45) is 5.87. The van der Waals surface area contributed by atoms with Crippen molar-refractivity contribution in [2.45, 2.75) is 299 Å². The average Bonchev–Trinajstić information content (AvgIpc) is 1.61. The van der Waals surface area contributed by atoms with E-state index in [9.17, 15) is 48.3 Å². The molecular formula is C104H142Cl2N10O23S2. The third-order valence-corrected chi connectivity index (χ3v) is 31.2. The number of hydrogen-bond acceptors (Lipinski definition) is 31. The van der Waals surface area contributed by atoms with Crippen molar-refractivity contribution in [2.75, 3.05) is 90.7 Å². The molecule has 4 amide bonds. The molecule has 0 spiro atoms. The van der Waals surface area contributed by atoms with Gasteiger partial charge in [-0.15, -0.1) is 22.7 Å². The van der Waals surface area contributed by atoms with E-state index >= 15 is 4.79 Å². The molecule has 2 aromatic carbocycles. The predicted octanol–water partition coefficient (Wildman–Crippen LogP) is 17.6. The number of ether oxygens (including phenoxy) is 11. The number of phenolic OH excluding ortho intramolecular Hbond substituents is 1. The summed E-state index contributed by atoms with van der Waals surface area (Å²) in [5.74, 6) is -0.887. The van der Waals surface area contributed by atoms with Crippen LogP contribution in [0.1, 0.15) is 227 Å². The number of nitrogens with zero attached hydrogens (tertiary/aromatic N) is 8. The number of fused-ring (bicyclic) bond motifs is 4. The predicted molar refractivity (Wildman–Crippen MR) is 533 cm³/mol. The molecule has 16 rings (SSSR count). The lowest BCUT2D eigenvalue weighted by atomic mass is 9.77. The molecule has 6 saturated carbocycles. The standard InChI is InChI=1S/C52H70ClN5O11S.C42H53ClN4O8S.C10H19NO4/c1-11-31-22-52(31,47(62)64-10)23-40(59)39-19-34(24-58(39)46(61)36(50(4,5)6)20-43(60)68-33-17-29-16-30(29)18-33)67-42-21-37(38-27-70-48(56-38)54-28(2)3)55-45-35(42)12-13-41(44(45)53)66-26-32-25-65-15-14-57(32)49(63)69-51(7,8)9;1-8-24-17-42(24,39(52)53-7)18-33(49)31-14-26(19-47(31)38(51)28(41(4,5)6)15-35(50)55-25-12-22-11-23(22)13-25)54-34-16-29(30-20-56-40(46-30)44-21(2)3)45-37-27(34)9-10-32(48)36(37)43;1-10(2,3)15-9(13)11-4-5-14-7-8(11)6-12/h12-13,21,27-34,36,39H,11,14-20,22-26H2,1-10H3,(H,54,56);9-10,16,20-26,28,31,48H,8,11-15,17-19H2,1-7H3,(H,44,46);8,12H,4-7H2,1-3H3/t29-,30+,31-,32-,33?,34-,36-,39+,52-;22-,23+,24-,25?,26-,28-,31+,42-;8-/m110/s1. The van der Waals surface area contributed by atoms with Crippen molar-refractivity contribution in [3.63, 3.8) is 0 Å². The summed E-state index contributed by atoms with van der Waals surface area (Å²) >= 11 is 16.7. The molecule has 141 heavy (non-hydrogen) atoms. The summed E-state index contributed by atoms with van der Waals surface area (Å²) in [7, 11) is 2.67. The van der Waals surface area contributed by atoms with Crippen molar-refractivity contribution in [1.82, 2.24) is 39.5 Å². The number of aliphatic hydroxyl groups excluding tert-OH is 1. The summed E-state index contributed by atoms with van der Waals surface area (Å²) < 4.78 is 64.1. The van der Waals surface area contributed by atoms with Gasteiger partial charge in [-0.25, -0.2) is 29.5 Å². The molecule has 2 unspecified atom stereocenters. The second-order valence-electron chi connectivity index (χ2n) is 44.6. The smallest absolute Gasteiger partial charge is 0.410 e. The van der Waals surface area contributed by atoms with Gasteiger partial charge in [0.2, 0.25) is 11.8 Å². The lowest BCUT2D eigenvalue weighted by Gasteiger charge is -2.36. The molecule has 4 N–H and O–H groups in total. The fraction of sp³-hybridized carbons (Fsp3) is 0.673. The van der Waals surface area contributed by atoms with Gasteiger partial charge in [-0.05, 0) is 191 Å². The molecule has 0 bridgehead atoms. The minimum atomic E-state index is -0.953. The molecule has 6 aliphatic carbocycles. The van der Waals surface area contributed by atoms with Crippen LogP contribution in [0.3, 0.4) is 0 Å². The Morgan fingerprint density at radius 3 is 1.30 bits per heavy atom. The number of Topliss-reactive ketones (excluding diaryl/α,β-unsaturated/α-hetero) is 2. The van der Waals surface area contributed by atoms with Crippen LogP contribution >= 0.6 is 45.9 Å². The van der Waals surface area contributed by atoms with Gasteiger partial charge in [-0.1, -0.05) is 91.4 Å². The number of methoxy groups -OCH3 is 2. The van der Waals surface area contributed by atoms with E-state index in [1.165, 1.54) is 60.7 Å². The number of rotatable bonds is 32. The number of carbonyl (C=O) groups excluding carboxylic acids is 10. The molecule has 37 heteroatoms. The average molecular weight is 2040 g/mol. The van der Waals surface area contributed by atoms with Crippen LogP contribution in [0.5, 0.6) is 23.0 Å². The number of benzene rings is 2. The van der Waals surface area contributed by atoms with E-state index < -0.39 is 105 Å². The normalized spacial score (nSPS) is 26.4. The molecule has 4 saturated heterocycles. The quantitative estimate of drug-likeness (QED) is 0.0225. The summed E-state index contributed by atoms with van der Waals surface area (Å²) in [4.78, 5) is 163. The number of likely N-dealkylation sites (tertiary alicyclic amines) is 2. The van der Waals surface area contributed by atoms with Gasteiger partial charge in [-0.2, -0.15) is 0 Å². The van der Waals surface area contributed by atoms with Crippen LogP contribution in [-0.2, 0) is 76.3 Å². The Balaban J connectivity index is 0.000000198. The topological polar surface area (TPSA) is 401 Å². The lowest BCUT2D eigenvalue weighted by molar-refractivity contribution is -0.157. The number of esters is 4. The van der Waals surface area contributed by atoms with E-state index in [1.54, 1.807) is 45.0 Å². The molecule has 6 aromatic rings. The van der Waals surface area contributed by atoms with Gasteiger partial charge >= 0.3 is 36.1 Å². The summed E-state index contributed by atoms with van der Waals surface area (Å²) in [6, 6.07) is 7.93. The van der Waals surface area contributed by atoms with Crippen molar-refractivity contribution in [3.05, 3.63) is 57.2 Å². The molecule has 10 aliphatic rings. The number of pyridine rings is 2. The zero-order valence-electron chi connectivity index (χ0n) is 85.0. The highest BCUT2D eigenvalue weighted by molar-refractivity contribution is 7.14. The zero-order chi connectivity index (χ0) is 102. The second kappa shape index (κ2) is 43.8. The third kappa shape index (κ3) is 25.7. The number of thiazole rings is 2. The van der Waals surface area contributed by atoms with Crippen LogP contribution in [0.15, 0.2) is 47.2 Å². The lowest BCUT2D eigenvalue weighted by Crippen LogP contribution is -2.52. The number of phenols is 1. The van der Waals surface area contributed by atoms with Gasteiger partial charge < -0.3 is 82.8 Å². The fourth-order valence-electron chi connectivity index (χ4n) is 20.9. The number of nitrogens with one attached hydrogen (secondary N) is 2. The van der Waals surface area contributed by atoms with Crippen LogP contribution in [0, 0.1) is 69.0 Å². The monoisotopic (exact) mass is 2030 g/mol. The van der Waals surface area contributed by atoms with Gasteiger partial charge in [0.05, 0.1) is 142 Å². The Morgan fingerprint density at radius 2 is 0.922 bits per heavy atom. The first-order valence-corrected chi connectivity index (χ1v) is 52.4. The number of halogens is 2. The number of aliphatic hydroxyl groups is 1. The van der Waals surface area contributed by atoms with Crippen molar-refractivity contribution in [1.29, 1.82) is 0 Å². The van der Waals surface area contributed by atoms with E-state index in [1.807, 2.05) is 135 Å². The van der Waals surface area contributed by atoms with Crippen LogP contribution in [0.2, 0.25) is 10.0 Å². The maximum atomic E-state index is 15.1. The number of hydrogen-bond donors (Lipinski definition) is 4. The number of amides is 4. The number of morpholine rings is 2. The van der Waals surface area contributed by atoms with Gasteiger partial charge in [0.15, 0.2) is 21.8 Å². The first-order valence-electron chi connectivity index (χ1n) is 49.9. The first kappa shape index (κ1) is 107. The molecule has 4 aromatic heterocycles. The Hall–Kier alpha value is -9.52. The van der Waals surface area contributed by atoms with Crippen molar-refractivity contribution >= 4 is 137 Å². The number of ketones is 2. The minimum Gasteiger partial charge on any atom is -0.506 e. The SMILES string of the molecule is CC(C)(C)OC(=O)N1CCOC[C@@H]1CO.CC[C@@H]1C[C@]1(CC(=O)[C@@H]1C[C@@H](Oc2cc(-c3csc(NC(C)C)n3)nc3c(Cl)c(O)ccc23)CN1C(=O)[C@@H](CC(=O)OC1C[C@@H]2C[C@@H]2C1)C(C)(C)C)C(=O)OC.CC[C@@H]1C[C@]1(CC(=O)[C@@H]1C[C@@H](Oc2cc(-c3csc(NC(C)C)n3)nc3c(Cl)c(OC[C@H]4COCCN4C(=O)OC(C)(C)C)ccc23)CN1C(=O)[C@@H](CC(=O)OC1C[C@@H]2C[C@@H]2C1)C(C)(C)C)C(=O)OC.